The third kappa shape index (κ3) is 3.20. The molecule has 19 heavy (non-hydrogen) atoms. The van der Waals surface area contributed by atoms with Crippen LogP contribution in [0.4, 0.5) is 15.8 Å². The van der Waals surface area contributed by atoms with Gasteiger partial charge in [0.2, 0.25) is 0 Å². The summed E-state index contributed by atoms with van der Waals surface area (Å²) in [6.45, 7) is 2.13. The molecule has 104 valence electrons. The van der Waals surface area contributed by atoms with Gasteiger partial charge in [0, 0.05) is 6.54 Å². The lowest BCUT2D eigenvalue weighted by molar-refractivity contribution is -0.384. The van der Waals surface area contributed by atoms with Gasteiger partial charge in [-0.3, -0.25) is 10.1 Å². The monoisotopic (exact) mass is 268 g/mol. The molecule has 6 heteroatoms. The minimum atomic E-state index is -0.589. The Morgan fingerprint density at radius 2 is 2.26 bits per heavy atom. The van der Waals surface area contributed by atoms with Gasteiger partial charge in [-0.05, 0) is 43.7 Å². The van der Waals surface area contributed by atoms with E-state index in [0.717, 1.165) is 18.9 Å². The van der Waals surface area contributed by atoms with E-state index in [-0.39, 0.29) is 11.8 Å². The van der Waals surface area contributed by atoms with Gasteiger partial charge in [-0.1, -0.05) is 0 Å². The van der Waals surface area contributed by atoms with Gasteiger partial charge < -0.3 is 10.4 Å². The van der Waals surface area contributed by atoms with Crippen LogP contribution in [0.1, 0.15) is 24.8 Å². The van der Waals surface area contributed by atoms with Gasteiger partial charge in [0.15, 0.2) is 0 Å². The maximum absolute atomic E-state index is 13.3. The minimum absolute atomic E-state index is 0.248. The van der Waals surface area contributed by atoms with Gasteiger partial charge in [0.05, 0.1) is 17.1 Å². The predicted molar refractivity (Wildman–Crippen MR) is 69.6 cm³/mol. The van der Waals surface area contributed by atoms with Crippen LogP contribution in [0.3, 0.4) is 0 Å². The van der Waals surface area contributed by atoms with Crippen LogP contribution in [-0.4, -0.2) is 22.7 Å². The first-order chi connectivity index (χ1) is 8.97. The highest BCUT2D eigenvalue weighted by Gasteiger charge is 2.24. The van der Waals surface area contributed by atoms with E-state index in [2.05, 4.69) is 5.32 Å². The van der Waals surface area contributed by atoms with Crippen LogP contribution in [0, 0.1) is 28.8 Å². The zero-order valence-electron chi connectivity index (χ0n) is 10.7. The van der Waals surface area contributed by atoms with Crippen molar-refractivity contribution in [3.8, 4) is 0 Å². The fraction of sp³-hybridized carbons (Fsp3) is 0.538. The molecule has 0 spiro atoms. The summed E-state index contributed by atoms with van der Waals surface area (Å²) < 4.78 is 13.3. The molecule has 5 nitrogen and oxygen atoms in total. The van der Waals surface area contributed by atoms with Gasteiger partial charge in [-0.25, -0.2) is 4.39 Å². The summed E-state index contributed by atoms with van der Waals surface area (Å²) in [5.41, 5.74) is 0.464. The smallest absolute Gasteiger partial charge is 0.295 e. The molecule has 0 aliphatic heterocycles. The highest BCUT2D eigenvalue weighted by molar-refractivity contribution is 5.63. The normalized spacial score (nSPS) is 22.5. The van der Waals surface area contributed by atoms with Gasteiger partial charge in [-0.15, -0.1) is 0 Å². The summed E-state index contributed by atoms with van der Waals surface area (Å²) in [7, 11) is 0. The van der Waals surface area contributed by atoms with E-state index in [4.69, 9.17) is 0 Å². The third-order valence-electron chi connectivity index (χ3n) is 3.57. The van der Waals surface area contributed by atoms with Crippen molar-refractivity contribution in [2.75, 3.05) is 11.9 Å². The molecule has 1 aromatic carbocycles. The number of aryl methyl sites for hydroxylation is 1. The molecule has 1 aliphatic rings. The van der Waals surface area contributed by atoms with Crippen molar-refractivity contribution in [1.29, 1.82) is 0 Å². The van der Waals surface area contributed by atoms with E-state index < -0.39 is 10.7 Å². The molecule has 0 heterocycles. The predicted octanol–water partition coefficient (Wildman–Crippen LogP) is 2.62. The van der Waals surface area contributed by atoms with Crippen molar-refractivity contribution in [3.05, 3.63) is 33.6 Å². The summed E-state index contributed by atoms with van der Waals surface area (Å²) in [5, 5.41) is 23.3. The van der Waals surface area contributed by atoms with E-state index in [1.54, 1.807) is 6.92 Å². The standard InChI is InChI=1S/C13H17FN2O3/c1-8-4-12(13(16(18)19)6-11(8)14)15-7-9-2-3-10(17)5-9/h4,6,9-10,15,17H,2-3,5,7H2,1H3. The summed E-state index contributed by atoms with van der Waals surface area (Å²) in [6.07, 6.45) is 2.12. The number of anilines is 1. The topological polar surface area (TPSA) is 75.4 Å². The summed E-state index contributed by atoms with van der Waals surface area (Å²) in [4.78, 5) is 10.3. The lowest BCUT2D eigenvalue weighted by atomic mass is 10.1. The van der Waals surface area contributed by atoms with Crippen LogP contribution in [0.25, 0.3) is 0 Å². The van der Waals surface area contributed by atoms with Crippen molar-refractivity contribution in [1.82, 2.24) is 0 Å². The Morgan fingerprint density at radius 3 is 2.84 bits per heavy atom. The SMILES string of the molecule is Cc1cc(NCC2CCC(O)C2)c([N+](=O)[O-])cc1F. The second kappa shape index (κ2) is 5.52. The quantitative estimate of drug-likeness (QED) is 0.650. The number of rotatable bonds is 4. The first-order valence-electron chi connectivity index (χ1n) is 6.34. The number of halogens is 1. The van der Waals surface area contributed by atoms with E-state index in [1.165, 1.54) is 6.07 Å². The average Bonchev–Trinajstić information content (AvgIpc) is 2.76. The third-order valence-corrected chi connectivity index (χ3v) is 3.57. The Bertz CT molecular complexity index is 493. The summed E-state index contributed by atoms with van der Waals surface area (Å²) >= 11 is 0. The van der Waals surface area contributed by atoms with E-state index in [0.29, 0.717) is 30.1 Å². The molecule has 2 N–H and O–H groups in total. The molecule has 2 unspecified atom stereocenters. The molecule has 2 atom stereocenters. The summed E-state index contributed by atoms with van der Waals surface area (Å²) in [5.74, 6) is -0.270. The van der Waals surface area contributed by atoms with Crippen molar-refractivity contribution >= 4 is 11.4 Å². The Balaban J connectivity index is 2.10. The van der Waals surface area contributed by atoms with Crippen LogP contribution >= 0.6 is 0 Å². The largest absolute Gasteiger partial charge is 0.393 e. The first kappa shape index (κ1) is 13.7. The number of nitrogens with zero attached hydrogens (tertiary/aromatic N) is 1. The molecule has 0 saturated heterocycles. The van der Waals surface area contributed by atoms with Gasteiger partial charge in [0.1, 0.15) is 11.5 Å². The second-order valence-corrected chi connectivity index (χ2v) is 5.09. The molecule has 1 aromatic rings. The number of nitro benzene ring substituents is 1. The number of aliphatic hydroxyl groups excluding tert-OH is 1. The van der Waals surface area contributed by atoms with Crippen LogP contribution in [-0.2, 0) is 0 Å². The van der Waals surface area contributed by atoms with Crippen molar-refractivity contribution in [3.63, 3.8) is 0 Å². The number of hydrogen-bond donors (Lipinski definition) is 2. The fourth-order valence-electron chi connectivity index (χ4n) is 2.45. The average molecular weight is 268 g/mol. The highest BCUT2D eigenvalue weighted by atomic mass is 19.1. The maximum Gasteiger partial charge on any atom is 0.295 e. The molecular formula is C13H17FN2O3. The molecule has 0 bridgehead atoms. The lowest BCUT2D eigenvalue weighted by Crippen LogP contribution is -2.13. The Hall–Kier alpha value is -1.69. The number of nitro groups is 1. The minimum Gasteiger partial charge on any atom is -0.393 e. The van der Waals surface area contributed by atoms with Gasteiger partial charge in [0.25, 0.3) is 5.69 Å². The number of aliphatic hydroxyl groups is 1. The van der Waals surface area contributed by atoms with Gasteiger partial charge >= 0.3 is 0 Å². The first-order valence-corrected chi connectivity index (χ1v) is 6.34. The Kier molecular flexibility index (Phi) is 3.99. The maximum atomic E-state index is 13.3. The number of nitrogens with one attached hydrogen (secondary N) is 1. The van der Waals surface area contributed by atoms with Crippen LogP contribution in [0.15, 0.2) is 12.1 Å². The van der Waals surface area contributed by atoms with Crippen LogP contribution < -0.4 is 5.32 Å². The summed E-state index contributed by atoms with van der Waals surface area (Å²) in [6, 6.07) is 2.40. The number of benzene rings is 1. The van der Waals surface area contributed by atoms with E-state index in [9.17, 15) is 19.6 Å². The van der Waals surface area contributed by atoms with Crippen LogP contribution in [0.5, 0.6) is 0 Å². The number of hydrogen-bond acceptors (Lipinski definition) is 4. The Morgan fingerprint density at radius 1 is 1.53 bits per heavy atom. The van der Waals surface area contributed by atoms with E-state index >= 15 is 0 Å². The molecule has 1 saturated carbocycles. The van der Waals surface area contributed by atoms with Crippen molar-refractivity contribution in [2.45, 2.75) is 32.3 Å². The van der Waals surface area contributed by atoms with E-state index in [1.807, 2.05) is 0 Å². The zero-order valence-corrected chi connectivity index (χ0v) is 10.7. The highest BCUT2D eigenvalue weighted by Crippen LogP contribution is 2.30. The molecule has 1 aliphatic carbocycles. The lowest BCUT2D eigenvalue weighted by Gasteiger charge is -2.13. The molecule has 1 fully saturated rings. The molecule has 0 aromatic heterocycles. The van der Waals surface area contributed by atoms with Crippen LogP contribution in [0.2, 0.25) is 0 Å². The molecule has 2 rings (SSSR count). The zero-order chi connectivity index (χ0) is 14.0. The Labute approximate surface area is 110 Å². The van der Waals surface area contributed by atoms with Gasteiger partial charge in [-0.2, -0.15) is 0 Å². The fourth-order valence-corrected chi connectivity index (χ4v) is 2.45. The molecular weight excluding hydrogens is 251 g/mol. The molecule has 0 radical (unpaired) electrons. The van der Waals surface area contributed by atoms with Crippen molar-refractivity contribution in [2.24, 2.45) is 5.92 Å². The molecule has 0 amide bonds. The van der Waals surface area contributed by atoms with Crippen molar-refractivity contribution < 1.29 is 14.4 Å². The second-order valence-electron chi connectivity index (χ2n) is 5.09.